The molecule has 0 bridgehead atoms. The number of aryl methyl sites for hydroxylation is 3. The summed E-state index contributed by atoms with van der Waals surface area (Å²) >= 11 is 3.58. The minimum Gasteiger partial charge on any atom is -0.497 e. The average Bonchev–Trinajstić information content (AvgIpc) is 2.86. The molecule has 0 saturated heterocycles. The number of hydrogen-bond acceptors (Lipinski definition) is 2. The Morgan fingerprint density at radius 1 is 1.24 bits per heavy atom. The summed E-state index contributed by atoms with van der Waals surface area (Å²) in [6.07, 6.45) is 4.15. The van der Waals surface area contributed by atoms with E-state index in [-0.39, 0.29) is 0 Å². The van der Waals surface area contributed by atoms with E-state index < -0.39 is 0 Å². The Labute approximate surface area is 131 Å². The maximum Gasteiger partial charge on any atom is 0.140 e. The van der Waals surface area contributed by atoms with Crippen LogP contribution in [0.25, 0.3) is 16.9 Å². The molecule has 1 aromatic carbocycles. The van der Waals surface area contributed by atoms with Gasteiger partial charge in [-0.25, -0.2) is 4.98 Å². The van der Waals surface area contributed by atoms with E-state index in [4.69, 9.17) is 9.72 Å². The lowest BCUT2D eigenvalue weighted by Gasteiger charge is -2.16. The third kappa shape index (κ3) is 1.89. The molecule has 21 heavy (non-hydrogen) atoms. The highest BCUT2D eigenvalue weighted by atomic mass is 79.9. The van der Waals surface area contributed by atoms with Crippen LogP contribution in [-0.2, 0) is 12.8 Å². The fourth-order valence-electron chi connectivity index (χ4n) is 3.16. The fourth-order valence-corrected chi connectivity index (χ4v) is 3.71. The molecule has 0 radical (unpaired) electrons. The van der Waals surface area contributed by atoms with E-state index in [0.29, 0.717) is 0 Å². The molecule has 106 valence electrons. The summed E-state index contributed by atoms with van der Waals surface area (Å²) < 4.78 is 8.65. The van der Waals surface area contributed by atoms with E-state index in [1.165, 1.54) is 22.4 Å². The Morgan fingerprint density at radius 2 is 2.10 bits per heavy atom. The molecule has 1 aliphatic carbocycles. The highest BCUT2D eigenvalue weighted by Crippen LogP contribution is 2.36. The van der Waals surface area contributed by atoms with Crippen LogP contribution in [-0.4, -0.2) is 16.5 Å². The second-order valence-corrected chi connectivity index (χ2v) is 6.38. The molecule has 0 fully saturated rings. The van der Waals surface area contributed by atoms with Gasteiger partial charge in [0.1, 0.15) is 11.4 Å². The van der Waals surface area contributed by atoms with Gasteiger partial charge in [-0.1, -0.05) is 0 Å². The van der Waals surface area contributed by atoms with E-state index in [1.54, 1.807) is 7.11 Å². The number of ether oxygens (including phenoxy) is 1. The number of fused-ring (bicyclic) bond motifs is 5. The molecule has 3 aromatic rings. The van der Waals surface area contributed by atoms with Gasteiger partial charge in [0.2, 0.25) is 0 Å². The lowest BCUT2D eigenvalue weighted by atomic mass is 9.92. The summed E-state index contributed by atoms with van der Waals surface area (Å²) in [5, 5.41) is 0. The first-order chi connectivity index (χ1) is 10.2. The third-order valence-corrected chi connectivity index (χ3v) is 4.60. The molecule has 2 aromatic heterocycles. The largest absolute Gasteiger partial charge is 0.497 e. The quantitative estimate of drug-likeness (QED) is 0.663. The van der Waals surface area contributed by atoms with Gasteiger partial charge in [-0.2, -0.15) is 0 Å². The minimum absolute atomic E-state index is 0.917. The Morgan fingerprint density at radius 3 is 2.90 bits per heavy atom. The van der Waals surface area contributed by atoms with Crippen molar-refractivity contribution in [1.82, 2.24) is 9.38 Å². The normalized spacial score (nSPS) is 13.1. The van der Waals surface area contributed by atoms with Gasteiger partial charge >= 0.3 is 0 Å². The van der Waals surface area contributed by atoms with Crippen molar-refractivity contribution >= 4 is 21.6 Å². The number of benzene rings is 1. The van der Waals surface area contributed by atoms with Crippen LogP contribution in [0.1, 0.15) is 16.8 Å². The molecule has 0 N–H and O–H groups in total. The second-order valence-electron chi connectivity index (χ2n) is 5.47. The van der Waals surface area contributed by atoms with Crippen molar-refractivity contribution < 1.29 is 4.74 Å². The van der Waals surface area contributed by atoms with Crippen LogP contribution >= 0.6 is 15.9 Å². The van der Waals surface area contributed by atoms with Crippen LogP contribution in [0.3, 0.4) is 0 Å². The lowest BCUT2D eigenvalue weighted by molar-refractivity contribution is 0.414. The summed E-state index contributed by atoms with van der Waals surface area (Å²) in [6, 6.07) is 8.39. The molecule has 1 aliphatic rings. The number of imidazole rings is 1. The number of pyridine rings is 1. The maximum atomic E-state index is 5.33. The Balaban J connectivity index is 2.01. The topological polar surface area (TPSA) is 26.5 Å². The zero-order chi connectivity index (χ0) is 14.6. The zero-order valence-electron chi connectivity index (χ0n) is 12.0. The van der Waals surface area contributed by atoms with E-state index >= 15 is 0 Å². The van der Waals surface area contributed by atoms with Gasteiger partial charge in [0.05, 0.1) is 18.5 Å². The summed E-state index contributed by atoms with van der Waals surface area (Å²) in [5.74, 6) is 0.917. The lowest BCUT2D eigenvalue weighted by Crippen LogP contribution is -2.05. The van der Waals surface area contributed by atoms with Crippen molar-refractivity contribution in [2.45, 2.75) is 19.8 Å². The molecule has 0 aliphatic heterocycles. The first-order valence-electron chi connectivity index (χ1n) is 7.02. The van der Waals surface area contributed by atoms with Crippen LogP contribution in [0.4, 0.5) is 0 Å². The van der Waals surface area contributed by atoms with Crippen molar-refractivity contribution in [2.75, 3.05) is 7.11 Å². The molecule has 0 saturated carbocycles. The van der Waals surface area contributed by atoms with E-state index in [1.807, 2.05) is 6.07 Å². The monoisotopic (exact) mass is 342 g/mol. The predicted octanol–water partition coefficient (Wildman–Crippen LogP) is 4.18. The number of hydrogen-bond donors (Lipinski definition) is 0. The van der Waals surface area contributed by atoms with Crippen LogP contribution in [0.2, 0.25) is 0 Å². The number of aromatic nitrogens is 2. The highest BCUT2D eigenvalue weighted by molar-refractivity contribution is 9.10. The van der Waals surface area contributed by atoms with Crippen molar-refractivity contribution in [3.8, 4) is 17.0 Å². The average molecular weight is 343 g/mol. The summed E-state index contributed by atoms with van der Waals surface area (Å²) in [7, 11) is 1.71. The van der Waals surface area contributed by atoms with E-state index in [9.17, 15) is 0 Å². The van der Waals surface area contributed by atoms with E-state index in [0.717, 1.165) is 34.4 Å². The number of nitrogens with zero attached hydrogens (tertiary/aromatic N) is 2. The molecular formula is C17H15BrN2O. The maximum absolute atomic E-state index is 5.33. The number of halogens is 1. The number of methoxy groups -OCH3 is 1. The summed E-state index contributed by atoms with van der Waals surface area (Å²) in [6.45, 7) is 2.10. The number of rotatable bonds is 1. The third-order valence-electron chi connectivity index (χ3n) is 4.17. The minimum atomic E-state index is 0.917. The van der Waals surface area contributed by atoms with Gasteiger partial charge in [0.25, 0.3) is 0 Å². The standard InChI is InChI=1S/C17H15BrN2O/c1-10-7-12(18)9-20-15-6-3-11-8-13(21-2)4-5-14(11)16(15)19-17(10)20/h4-5,7-9H,3,6H2,1-2H3. The van der Waals surface area contributed by atoms with Crippen molar-refractivity contribution in [3.63, 3.8) is 0 Å². The first kappa shape index (κ1) is 12.9. The van der Waals surface area contributed by atoms with Crippen LogP contribution in [0.15, 0.2) is 34.9 Å². The second kappa shape index (κ2) is 4.60. The van der Waals surface area contributed by atoms with Crippen LogP contribution in [0, 0.1) is 6.92 Å². The molecule has 2 heterocycles. The van der Waals surface area contributed by atoms with Gasteiger partial charge in [-0.05, 0) is 71.1 Å². The van der Waals surface area contributed by atoms with Gasteiger partial charge in [-0.15, -0.1) is 0 Å². The predicted molar refractivity (Wildman–Crippen MR) is 87.0 cm³/mol. The molecule has 0 spiro atoms. The van der Waals surface area contributed by atoms with Crippen LogP contribution in [0.5, 0.6) is 5.75 Å². The van der Waals surface area contributed by atoms with Crippen molar-refractivity contribution in [1.29, 1.82) is 0 Å². The Kier molecular flexibility index (Phi) is 2.82. The smallest absolute Gasteiger partial charge is 0.140 e. The summed E-state index contributed by atoms with van der Waals surface area (Å²) in [4.78, 5) is 4.89. The van der Waals surface area contributed by atoms with Gasteiger partial charge in [0, 0.05) is 16.2 Å². The molecular weight excluding hydrogens is 328 g/mol. The highest BCUT2D eigenvalue weighted by Gasteiger charge is 2.22. The zero-order valence-corrected chi connectivity index (χ0v) is 13.6. The molecule has 3 nitrogen and oxygen atoms in total. The summed E-state index contributed by atoms with van der Waals surface area (Å²) in [5.41, 5.74) is 7.20. The molecule has 4 heteroatoms. The Hall–Kier alpha value is -1.81. The van der Waals surface area contributed by atoms with Gasteiger partial charge in [-0.3, -0.25) is 0 Å². The molecule has 0 amide bonds. The molecule has 0 unspecified atom stereocenters. The van der Waals surface area contributed by atoms with E-state index in [2.05, 4.69) is 51.7 Å². The Bertz CT molecular complexity index is 867. The van der Waals surface area contributed by atoms with Gasteiger partial charge in [0.15, 0.2) is 0 Å². The SMILES string of the molecule is COc1ccc2c(c1)CCc1c-2nc2c(C)cc(Br)cn12. The first-order valence-corrected chi connectivity index (χ1v) is 7.81. The fraction of sp³-hybridized carbons (Fsp3) is 0.235. The van der Waals surface area contributed by atoms with Crippen molar-refractivity contribution in [2.24, 2.45) is 0 Å². The van der Waals surface area contributed by atoms with Crippen molar-refractivity contribution in [3.05, 3.63) is 51.8 Å². The van der Waals surface area contributed by atoms with Gasteiger partial charge < -0.3 is 9.14 Å². The van der Waals surface area contributed by atoms with Crippen LogP contribution < -0.4 is 4.74 Å². The molecule has 4 rings (SSSR count). The molecule has 0 atom stereocenters.